The number of imide groups is 1. The van der Waals surface area contributed by atoms with Crippen LogP contribution in [0.3, 0.4) is 0 Å². The molecule has 0 fully saturated rings. The van der Waals surface area contributed by atoms with Crippen molar-refractivity contribution in [2.75, 3.05) is 27.7 Å². The number of urea groups is 1. The highest BCUT2D eigenvalue weighted by molar-refractivity contribution is 6.41. The molecule has 0 N–H and O–H groups in total. The van der Waals surface area contributed by atoms with Gasteiger partial charge in [-0.3, -0.25) is 0 Å². The van der Waals surface area contributed by atoms with Crippen LogP contribution in [0.1, 0.15) is 20.3 Å². The molecule has 0 radical (unpaired) electrons. The van der Waals surface area contributed by atoms with E-state index in [1.807, 2.05) is 13.8 Å². The number of halogens is 1. The Kier molecular flexibility index (Phi) is 3.81. The summed E-state index contributed by atoms with van der Waals surface area (Å²) in [7, 11) is 5.14. The average Bonchev–Trinajstić information content (AvgIpc) is 2.24. The fourth-order valence-electron chi connectivity index (χ4n) is 2.20. The minimum atomic E-state index is -0.297. The molecule has 96 valence electrons. The van der Waals surface area contributed by atoms with Gasteiger partial charge in [-0.15, -0.1) is 4.48 Å². The molecule has 1 aliphatic rings. The molecule has 4 nitrogen and oxygen atoms in total. The van der Waals surface area contributed by atoms with Gasteiger partial charge in [0.2, 0.25) is 0 Å². The van der Waals surface area contributed by atoms with Crippen LogP contribution in [-0.4, -0.2) is 48.6 Å². The molecule has 0 aliphatic carbocycles. The van der Waals surface area contributed by atoms with Crippen LogP contribution in [0.2, 0.25) is 0 Å². The van der Waals surface area contributed by atoms with Crippen molar-refractivity contribution in [2.24, 2.45) is 5.92 Å². The molecule has 2 atom stereocenters. The van der Waals surface area contributed by atoms with E-state index in [0.29, 0.717) is 12.5 Å². The van der Waals surface area contributed by atoms with Gasteiger partial charge < -0.3 is 0 Å². The number of hydrogen-bond acceptors (Lipinski definition) is 2. The Morgan fingerprint density at radius 2 is 1.82 bits per heavy atom. The van der Waals surface area contributed by atoms with E-state index in [2.05, 4.69) is 0 Å². The molecule has 0 bridgehead atoms. The normalized spacial score (nSPS) is 30.1. The molecule has 17 heavy (non-hydrogen) atoms. The first kappa shape index (κ1) is 14.4. The number of carbonyl (C=O) groups is 2. The summed E-state index contributed by atoms with van der Waals surface area (Å²) in [6, 6.07) is -0.139. The SMILES string of the molecule is CCC(C)C[N+]1(C)C(=O)C(Cl)=C[N+](C)(C)C1=O. The van der Waals surface area contributed by atoms with Gasteiger partial charge in [-0.25, -0.2) is 4.79 Å². The Hall–Kier alpha value is -0.710. The molecule has 0 spiro atoms. The van der Waals surface area contributed by atoms with Crippen LogP contribution in [-0.2, 0) is 4.79 Å². The number of likely N-dealkylation sites (N-methyl/N-ethyl adjacent to an activating group) is 1. The van der Waals surface area contributed by atoms with Crippen LogP contribution in [0.5, 0.6) is 0 Å². The highest BCUT2D eigenvalue weighted by Crippen LogP contribution is 2.28. The summed E-state index contributed by atoms with van der Waals surface area (Å²) >= 11 is 5.96. The fraction of sp³-hybridized carbons (Fsp3) is 0.667. The van der Waals surface area contributed by atoms with Crippen molar-refractivity contribution < 1.29 is 18.6 Å². The van der Waals surface area contributed by atoms with Crippen molar-refractivity contribution in [3.63, 3.8) is 0 Å². The quantitative estimate of drug-likeness (QED) is 0.730. The van der Waals surface area contributed by atoms with Crippen LogP contribution in [0.4, 0.5) is 4.79 Å². The first-order valence-electron chi connectivity index (χ1n) is 5.82. The van der Waals surface area contributed by atoms with Gasteiger partial charge in [0, 0.05) is 5.92 Å². The van der Waals surface area contributed by atoms with Crippen molar-refractivity contribution in [3.8, 4) is 0 Å². The lowest BCUT2D eigenvalue weighted by molar-refractivity contribution is -0.889. The molecule has 5 heteroatoms. The molecule has 0 saturated heterocycles. The minimum absolute atomic E-state index is 0.0114. The molecular weight excluding hydrogens is 240 g/mol. The fourth-order valence-corrected chi connectivity index (χ4v) is 2.63. The monoisotopic (exact) mass is 260 g/mol. The number of hydrogen-bond donors (Lipinski definition) is 0. The van der Waals surface area contributed by atoms with E-state index in [-0.39, 0.29) is 25.9 Å². The topological polar surface area (TPSA) is 34.1 Å². The van der Waals surface area contributed by atoms with Gasteiger partial charge in [-0.2, -0.15) is 9.28 Å². The number of amides is 3. The Morgan fingerprint density at radius 1 is 1.29 bits per heavy atom. The molecule has 0 aromatic carbocycles. The van der Waals surface area contributed by atoms with Gasteiger partial charge in [0.15, 0.2) is 5.03 Å². The Balaban J connectivity index is 3.18. The van der Waals surface area contributed by atoms with Gasteiger partial charge in [0.25, 0.3) is 0 Å². The molecule has 0 saturated carbocycles. The summed E-state index contributed by atoms with van der Waals surface area (Å²) in [6.07, 6.45) is 2.44. The first-order chi connectivity index (χ1) is 7.65. The molecule has 0 aromatic heterocycles. The third-order valence-electron chi connectivity index (χ3n) is 3.38. The van der Waals surface area contributed by atoms with E-state index in [1.165, 1.54) is 6.20 Å². The van der Waals surface area contributed by atoms with Crippen LogP contribution in [0, 0.1) is 5.92 Å². The maximum atomic E-state index is 12.4. The van der Waals surface area contributed by atoms with Gasteiger partial charge in [-0.05, 0) is 6.42 Å². The maximum Gasteiger partial charge on any atom is 0.526 e. The standard InChI is InChI=1S/C12H21ClN2O2/c1-6-9(2)7-15(5)11(16)10(13)8-14(3,4)12(15)17/h8-9H,6-7H2,1-5H3/q+2. The molecular formula is C12H21ClN2O2+2. The van der Waals surface area contributed by atoms with Crippen molar-refractivity contribution in [1.82, 2.24) is 0 Å². The maximum absolute atomic E-state index is 12.4. The Morgan fingerprint density at radius 3 is 2.29 bits per heavy atom. The largest absolute Gasteiger partial charge is 0.526 e. The predicted molar refractivity (Wildman–Crippen MR) is 67.0 cm³/mol. The van der Waals surface area contributed by atoms with E-state index >= 15 is 0 Å². The first-order valence-corrected chi connectivity index (χ1v) is 6.20. The second kappa shape index (κ2) is 4.52. The van der Waals surface area contributed by atoms with E-state index in [9.17, 15) is 9.59 Å². The zero-order valence-corrected chi connectivity index (χ0v) is 11.9. The lowest BCUT2D eigenvalue weighted by Gasteiger charge is -2.37. The minimum Gasteiger partial charge on any atom is -0.223 e. The Labute approximate surface area is 108 Å². The van der Waals surface area contributed by atoms with E-state index in [0.717, 1.165) is 6.42 Å². The third kappa shape index (κ3) is 2.44. The van der Waals surface area contributed by atoms with Crippen molar-refractivity contribution in [3.05, 3.63) is 11.2 Å². The zero-order valence-electron chi connectivity index (χ0n) is 11.2. The summed E-state index contributed by atoms with van der Waals surface area (Å²) in [5, 5.41) is 0.153. The predicted octanol–water partition coefficient (Wildman–Crippen LogP) is 2.30. The van der Waals surface area contributed by atoms with Crippen molar-refractivity contribution in [1.29, 1.82) is 0 Å². The lowest BCUT2D eigenvalue weighted by Crippen LogP contribution is -2.66. The highest BCUT2D eigenvalue weighted by Gasteiger charge is 2.55. The summed E-state index contributed by atoms with van der Waals surface area (Å²) in [4.78, 5) is 24.5. The lowest BCUT2D eigenvalue weighted by atomic mass is 10.1. The van der Waals surface area contributed by atoms with Gasteiger partial charge >= 0.3 is 11.9 Å². The summed E-state index contributed by atoms with van der Waals surface area (Å²) in [5.74, 6) is 0.00452. The summed E-state index contributed by atoms with van der Waals surface area (Å²) in [5.41, 5.74) is 0. The van der Waals surface area contributed by atoms with Gasteiger partial charge in [0.1, 0.15) is 12.7 Å². The summed E-state index contributed by atoms with van der Waals surface area (Å²) in [6.45, 7) is 4.59. The second-order valence-electron chi connectivity index (χ2n) is 5.49. The number of carbonyl (C=O) groups excluding carboxylic acids is 2. The van der Waals surface area contributed by atoms with Gasteiger partial charge in [0.05, 0.1) is 21.1 Å². The third-order valence-corrected chi connectivity index (χ3v) is 3.64. The van der Waals surface area contributed by atoms with Crippen LogP contribution >= 0.6 is 11.6 Å². The summed E-state index contributed by atoms with van der Waals surface area (Å²) < 4.78 is -0.227. The van der Waals surface area contributed by atoms with E-state index in [4.69, 9.17) is 11.6 Å². The molecule has 3 amide bonds. The second-order valence-corrected chi connectivity index (χ2v) is 5.90. The molecule has 1 aliphatic heterocycles. The van der Waals surface area contributed by atoms with Crippen molar-refractivity contribution in [2.45, 2.75) is 20.3 Å². The van der Waals surface area contributed by atoms with Gasteiger partial charge in [-0.1, -0.05) is 25.4 Å². The molecule has 2 unspecified atom stereocenters. The zero-order chi connectivity index (χ0) is 13.4. The Bertz CT molecular complexity index is 390. The van der Waals surface area contributed by atoms with E-state index < -0.39 is 0 Å². The van der Waals surface area contributed by atoms with Crippen LogP contribution < -0.4 is 0 Å². The van der Waals surface area contributed by atoms with Crippen molar-refractivity contribution >= 4 is 23.5 Å². The molecule has 1 heterocycles. The number of nitrogens with zero attached hydrogens (tertiary/aromatic N) is 2. The number of quaternary nitrogens is 2. The molecule has 0 aromatic rings. The average molecular weight is 261 g/mol. The van der Waals surface area contributed by atoms with E-state index in [1.54, 1.807) is 21.1 Å². The number of rotatable bonds is 3. The molecule has 1 rings (SSSR count). The smallest absolute Gasteiger partial charge is 0.223 e. The van der Waals surface area contributed by atoms with Crippen LogP contribution in [0.25, 0.3) is 0 Å². The highest BCUT2D eigenvalue weighted by atomic mass is 35.5. The van der Waals surface area contributed by atoms with Crippen LogP contribution in [0.15, 0.2) is 11.2 Å².